The monoisotopic (exact) mass is 319 g/mol. The van der Waals surface area contributed by atoms with Gasteiger partial charge in [-0.2, -0.15) is 0 Å². The number of rotatable bonds is 5. The van der Waals surface area contributed by atoms with Crippen molar-refractivity contribution in [2.24, 2.45) is 5.73 Å². The normalized spacial score (nSPS) is 11.9. The number of phenols is 1. The Morgan fingerprint density at radius 1 is 1.35 bits per heavy atom. The molecule has 0 spiro atoms. The van der Waals surface area contributed by atoms with Crippen LogP contribution in [0.5, 0.6) is 17.2 Å². The third-order valence-corrected chi connectivity index (χ3v) is 3.40. The van der Waals surface area contributed by atoms with E-state index in [9.17, 15) is 19.8 Å². The lowest BCUT2D eigenvalue weighted by atomic mass is 9.91. The average molecular weight is 319 g/mol. The maximum atomic E-state index is 11.8. The summed E-state index contributed by atoms with van der Waals surface area (Å²) in [7, 11) is 1.38. The quantitative estimate of drug-likeness (QED) is 0.765. The molecule has 7 nitrogen and oxygen atoms in total. The number of methoxy groups -OCH3 is 1. The molecule has 0 bridgehead atoms. The molecule has 0 aliphatic carbocycles. The molecule has 0 radical (unpaired) electrons. The van der Waals surface area contributed by atoms with Crippen molar-refractivity contribution in [1.29, 1.82) is 0 Å². The smallest absolute Gasteiger partial charge is 0.227 e. The van der Waals surface area contributed by atoms with Crippen molar-refractivity contribution in [3.05, 3.63) is 51.6 Å². The molecule has 2 aromatic rings. The molecule has 1 amide bonds. The molecule has 1 atom stereocenters. The largest absolute Gasteiger partial charge is 0.504 e. The second-order valence-electron chi connectivity index (χ2n) is 5.09. The molecular weight excluding hydrogens is 302 g/mol. The van der Waals surface area contributed by atoms with Crippen molar-refractivity contribution >= 4 is 5.91 Å². The third-order valence-electron chi connectivity index (χ3n) is 3.40. The van der Waals surface area contributed by atoms with Crippen molar-refractivity contribution in [1.82, 2.24) is 0 Å². The number of phenolic OH excluding ortho intramolecular Hbond substituents is 1. The van der Waals surface area contributed by atoms with Crippen LogP contribution in [-0.2, 0) is 4.79 Å². The molecule has 0 unspecified atom stereocenters. The van der Waals surface area contributed by atoms with Gasteiger partial charge in [0, 0.05) is 12.5 Å². The fourth-order valence-electron chi connectivity index (χ4n) is 2.34. The summed E-state index contributed by atoms with van der Waals surface area (Å²) in [4.78, 5) is 23.2. The minimum Gasteiger partial charge on any atom is -0.504 e. The van der Waals surface area contributed by atoms with E-state index in [2.05, 4.69) is 0 Å². The zero-order valence-electron chi connectivity index (χ0n) is 12.7. The SMILES string of the molecule is COc1cc([C@@H](CC(N)=O)c2oc(C)cc(=O)c2O)ccc1O. The van der Waals surface area contributed by atoms with E-state index in [0.717, 1.165) is 6.07 Å². The van der Waals surface area contributed by atoms with Gasteiger partial charge < -0.3 is 25.1 Å². The molecule has 0 saturated carbocycles. The van der Waals surface area contributed by atoms with Crippen LogP contribution in [0, 0.1) is 6.92 Å². The third kappa shape index (κ3) is 3.45. The first kappa shape index (κ1) is 16.4. The number of nitrogens with two attached hydrogens (primary N) is 1. The second kappa shape index (κ2) is 6.43. The van der Waals surface area contributed by atoms with Gasteiger partial charge in [-0.3, -0.25) is 9.59 Å². The van der Waals surface area contributed by atoms with Crippen LogP contribution in [0.3, 0.4) is 0 Å². The van der Waals surface area contributed by atoms with E-state index < -0.39 is 23.0 Å². The topological polar surface area (TPSA) is 123 Å². The zero-order chi connectivity index (χ0) is 17.1. The molecule has 122 valence electrons. The number of hydrogen-bond acceptors (Lipinski definition) is 6. The number of carbonyl (C=O) groups is 1. The predicted octanol–water partition coefficient (Wildman–Crippen LogP) is 1.38. The maximum Gasteiger partial charge on any atom is 0.227 e. The Kier molecular flexibility index (Phi) is 4.59. The molecule has 7 heteroatoms. The van der Waals surface area contributed by atoms with E-state index in [1.54, 1.807) is 6.92 Å². The fraction of sp³-hybridized carbons (Fsp3) is 0.250. The Bertz CT molecular complexity index is 796. The number of primary amides is 1. The predicted molar refractivity (Wildman–Crippen MR) is 81.7 cm³/mol. The molecule has 0 fully saturated rings. The Labute approximate surface area is 131 Å². The van der Waals surface area contributed by atoms with Crippen LogP contribution in [0.25, 0.3) is 0 Å². The van der Waals surface area contributed by atoms with Crippen LogP contribution in [0.4, 0.5) is 0 Å². The van der Waals surface area contributed by atoms with Gasteiger partial charge in [-0.25, -0.2) is 0 Å². The molecule has 1 aromatic carbocycles. The van der Waals surface area contributed by atoms with Crippen LogP contribution in [0.1, 0.15) is 29.4 Å². The van der Waals surface area contributed by atoms with Crippen LogP contribution >= 0.6 is 0 Å². The Morgan fingerprint density at radius 3 is 2.65 bits per heavy atom. The minimum absolute atomic E-state index is 0.0541. The molecule has 0 aliphatic rings. The number of benzene rings is 1. The molecule has 1 heterocycles. The summed E-state index contributed by atoms with van der Waals surface area (Å²) in [5.41, 5.74) is 5.17. The van der Waals surface area contributed by atoms with Crippen LogP contribution < -0.4 is 15.9 Å². The summed E-state index contributed by atoms with van der Waals surface area (Å²) in [5, 5.41) is 19.7. The van der Waals surface area contributed by atoms with E-state index in [0.29, 0.717) is 11.3 Å². The van der Waals surface area contributed by atoms with Gasteiger partial charge in [-0.15, -0.1) is 0 Å². The Morgan fingerprint density at radius 2 is 2.04 bits per heavy atom. The Hall–Kier alpha value is -2.96. The molecule has 1 aromatic heterocycles. The Balaban J connectivity index is 2.63. The lowest BCUT2D eigenvalue weighted by molar-refractivity contribution is -0.118. The second-order valence-corrected chi connectivity index (χ2v) is 5.09. The van der Waals surface area contributed by atoms with E-state index >= 15 is 0 Å². The summed E-state index contributed by atoms with van der Waals surface area (Å²) in [5.74, 6) is -1.64. The van der Waals surface area contributed by atoms with Crippen molar-refractivity contribution in [2.75, 3.05) is 7.11 Å². The number of amides is 1. The molecule has 4 N–H and O–H groups in total. The first-order valence-corrected chi connectivity index (χ1v) is 6.82. The fourth-order valence-corrected chi connectivity index (χ4v) is 2.34. The highest BCUT2D eigenvalue weighted by Gasteiger charge is 2.25. The minimum atomic E-state index is -0.783. The summed E-state index contributed by atoms with van der Waals surface area (Å²) in [6.07, 6.45) is -0.187. The molecule has 0 saturated heterocycles. The van der Waals surface area contributed by atoms with Gasteiger partial charge in [0.25, 0.3) is 0 Å². The van der Waals surface area contributed by atoms with Crippen molar-refractivity contribution < 1.29 is 24.2 Å². The first-order valence-electron chi connectivity index (χ1n) is 6.82. The highest BCUT2D eigenvalue weighted by atomic mass is 16.5. The summed E-state index contributed by atoms with van der Waals surface area (Å²) in [6.45, 7) is 1.56. The molecule has 0 aliphatic heterocycles. The van der Waals surface area contributed by atoms with E-state index in [-0.39, 0.29) is 23.7 Å². The lowest BCUT2D eigenvalue weighted by Gasteiger charge is -2.17. The highest BCUT2D eigenvalue weighted by molar-refractivity contribution is 5.75. The van der Waals surface area contributed by atoms with Gasteiger partial charge in [-0.05, 0) is 24.6 Å². The van der Waals surface area contributed by atoms with Crippen molar-refractivity contribution in [2.45, 2.75) is 19.3 Å². The van der Waals surface area contributed by atoms with Crippen LogP contribution in [0.2, 0.25) is 0 Å². The maximum absolute atomic E-state index is 11.8. The molecule has 23 heavy (non-hydrogen) atoms. The molecule has 2 rings (SSSR count). The van der Waals surface area contributed by atoms with Crippen molar-refractivity contribution in [3.8, 4) is 17.2 Å². The van der Waals surface area contributed by atoms with Crippen LogP contribution in [-0.4, -0.2) is 23.2 Å². The average Bonchev–Trinajstić information content (AvgIpc) is 2.49. The zero-order valence-corrected chi connectivity index (χ0v) is 12.7. The standard InChI is InChI=1S/C16H17NO6/c1-8-5-12(19)15(21)16(23-8)10(7-14(17)20)9-3-4-11(18)13(6-9)22-2/h3-6,10,18,21H,7H2,1-2H3,(H2,17,20)/t10-/m1/s1. The van der Waals surface area contributed by atoms with Gasteiger partial charge in [0.05, 0.1) is 13.0 Å². The summed E-state index contributed by atoms with van der Waals surface area (Å²) in [6, 6.07) is 5.56. The number of carbonyl (C=O) groups excluding carboxylic acids is 1. The van der Waals surface area contributed by atoms with Gasteiger partial charge in [0.2, 0.25) is 17.1 Å². The summed E-state index contributed by atoms with van der Waals surface area (Å²) >= 11 is 0. The van der Waals surface area contributed by atoms with Gasteiger partial charge in [0.15, 0.2) is 17.3 Å². The van der Waals surface area contributed by atoms with E-state index in [1.807, 2.05) is 0 Å². The highest BCUT2D eigenvalue weighted by Crippen LogP contribution is 2.36. The number of aromatic hydroxyl groups is 2. The number of aryl methyl sites for hydroxylation is 1. The summed E-state index contributed by atoms with van der Waals surface area (Å²) < 4.78 is 10.5. The lowest BCUT2D eigenvalue weighted by Crippen LogP contribution is -2.18. The van der Waals surface area contributed by atoms with Crippen molar-refractivity contribution in [3.63, 3.8) is 0 Å². The number of hydrogen-bond donors (Lipinski definition) is 3. The van der Waals surface area contributed by atoms with Crippen LogP contribution in [0.15, 0.2) is 33.5 Å². The van der Waals surface area contributed by atoms with Gasteiger partial charge in [-0.1, -0.05) is 6.07 Å². The van der Waals surface area contributed by atoms with Gasteiger partial charge >= 0.3 is 0 Å². The molecular formula is C16H17NO6. The number of ether oxygens (including phenoxy) is 1. The van der Waals surface area contributed by atoms with Gasteiger partial charge in [0.1, 0.15) is 5.76 Å². The van der Waals surface area contributed by atoms with E-state index in [1.165, 1.54) is 25.3 Å². The van der Waals surface area contributed by atoms with E-state index in [4.69, 9.17) is 14.9 Å². The first-order chi connectivity index (χ1) is 10.8.